The normalized spacial score (nSPS) is 10.0. The van der Waals surface area contributed by atoms with Crippen molar-refractivity contribution in [3.05, 3.63) is 58.9 Å². The summed E-state index contributed by atoms with van der Waals surface area (Å²) in [4.78, 5) is 37.6. The van der Waals surface area contributed by atoms with Gasteiger partial charge in [0.25, 0.3) is 5.91 Å². The smallest absolute Gasteiger partial charge is 0.325 e. The molecule has 22 heavy (non-hydrogen) atoms. The summed E-state index contributed by atoms with van der Waals surface area (Å²) in [5.74, 6) is -1.55. The van der Waals surface area contributed by atoms with Gasteiger partial charge in [0.15, 0.2) is 6.61 Å². The van der Waals surface area contributed by atoms with Crippen molar-refractivity contribution in [1.29, 1.82) is 0 Å². The Morgan fingerprint density at radius 2 is 1.91 bits per heavy atom. The van der Waals surface area contributed by atoms with Crippen LogP contribution < -0.4 is 5.32 Å². The summed E-state index contributed by atoms with van der Waals surface area (Å²) in [5.41, 5.74) is 0.618. The van der Waals surface area contributed by atoms with Gasteiger partial charge in [0.1, 0.15) is 6.54 Å². The van der Waals surface area contributed by atoms with Crippen LogP contribution in [0.4, 0.5) is 0 Å². The predicted octanol–water partition coefficient (Wildman–Crippen LogP) is 1.82. The maximum atomic E-state index is 11.8. The molecule has 1 aromatic heterocycles. The van der Waals surface area contributed by atoms with Crippen molar-refractivity contribution in [3.8, 4) is 0 Å². The van der Waals surface area contributed by atoms with Gasteiger partial charge in [-0.1, -0.05) is 23.7 Å². The molecule has 0 aliphatic rings. The van der Waals surface area contributed by atoms with E-state index >= 15 is 0 Å². The van der Waals surface area contributed by atoms with Gasteiger partial charge in [0, 0.05) is 6.20 Å². The molecule has 2 rings (SSSR count). The van der Waals surface area contributed by atoms with Crippen molar-refractivity contribution in [3.63, 3.8) is 0 Å². The largest absolute Gasteiger partial charge is 0.456 e. The first-order chi connectivity index (χ1) is 10.6. The lowest BCUT2D eigenvalue weighted by Crippen LogP contribution is -2.31. The Bertz CT molecular complexity index is 683. The second-order valence-corrected chi connectivity index (χ2v) is 4.74. The number of ether oxygens (including phenoxy) is 1. The standard InChI is InChI=1S/C15H13ClN2O4/c16-11-5-2-1-4-10(11)15(21)18-8-14(20)22-9-13(19)12-6-3-7-17-12/h1-7,17H,8-9H2,(H,18,21). The molecule has 2 N–H and O–H groups in total. The fraction of sp³-hybridized carbons (Fsp3) is 0.133. The molecule has 1 amide bonds. The van der Waals surface area contributed by atoms with Gasteiger partial charge in [0.2, 0.25) is 5.78 Å². The maximum Gasteiger partial charge on any atom is 0.325 e. The number of rotatable bonds is 6. The minimum Gasteiger partial charge on any atom is -0.456 e. The Kier molecular flexibility index (Phi) is 5.32. The molecule has 0 spiro atoms. The van der Waals surface area contributed by atoms with E-state index in [1.54, 1.807) is 36.5 Å². The van der Waals surface area contributed by atoms with E-state index in [0.717, 1.165) is 0 Å². The minimum absolute atomic E-state index is 0.263. The van der Waals surface area contributed by atoms with Crippen LogP contribution in [0.5, 0.6) is 0 Å². The van der Waals surface area contributed by atoms with E-state index in [1.165, 1.54) is 6.07 Å². The van der Waals surface area contributed by atoms with Gasteiger partial charge < -0.3 is 15.0 Å². The van der Waals surface area contributed by atoms with Crippen molar-refractivity contribution in [2.45, 2.75) is 0 Å². The molecule has 7 heteroatoms. The number of esters is 1. The number of hydrogen-bond acceptors (Lipinski definition) is 4. The van der Waals surface area contributed by atoms with Crippen LogP contribution in [0.2, 0.25) is 5.02 Å². The van der Waals surface area contributed by atoms with Gasteiger partial charge in [-0.2, -0.15) is 0 Å². The summed E-state index contributed by atoms with van der Waals surface area (Å²) >= 11 is 5.87. The lowest BCUT2D eigenvalue weighted by Gasteiger charge is -2.06. The average Bonchev–Trinajstić information content (AvgIpc) is 3.05. The first-order valence-electron chi connectivity index (χ1n) is 6.43. The fourth-order valence-corrected chi connectivity index (χ4v) is 1.89. The Hall–Kier alpha value is -2.60. The molecule has 0 radical (unpaired) electrons. The van der Waals surface area contributed by atoms with Crippen LogP contribution in [-0.2, 0) is 9.53 Å². The van der Waals surface area contributed by atoms with Gasteiger partial charge in [-0.15, -0.1) is 0 Å². The summed E-state index contributed by atoms with van der Waals surface area (Å²) < 4.78 is 4.79. The third kappa shape index (κ3) is 4.20. The summed E-state index contributed by atoms with van der Waals surface area (Å²) in [7, 11) is 0. The number of nitrogens with one attached hydrogen (secondary N) is 2. The van der Waals surface area contributed by atoms with E-state index < -0.39 is 11.9 Å². The lowest BCUT2D eigenvalue weighted by molar-refractivity contribution is -0.141. The van der Waals surface area contributed by atoms with E-state index in [-0.39, 0.29) is 29.5 Å². The molecule has 0 unspecified atom stereocenters. The number of Topliss-reactive ketones (excluding diaryl/α,β-unsaturated/α-hetero) is 1. The quantitative estimate of drug-likeness (QED) is 0.627. The minimum atomic E-state index is -0.708. The van der Waals surface area contributed by atoms with Crippen molar-refractivity contribution in [2.24, 2.45) is 0 Å². The van der Waals surface area contributed by atoms with E-state index in [1.807, 2.05) is 0 Å². The number of ketones is 1. The number of H-pyrrole nitrogens is 1. The number of aromatic nitrogens is 1. The second-order valence-electron chi connectivity index (χ2n) is 4.33. The van der Waals surface area contributed by atoms with Gasteiger partial charge in [-0.25, -0.2) is 0 Å². The Morgan fingerprint density at radius 3 is 2.59 bits per heavy atom. The Balaban J connectivity index is 1.77. The zero-order valence-corrected chi connectivity index (χ0v) is 12.2. The first kappa shape index (κ1) is 15.8. The second kappa shape index (κ2) is 7.42. The van der Waals surface area contributed by atoms with Gasteiger partial charge in [-0.05, 0) is 24.3 Å². The van der Waals surface area contributed by atoms with Crippen molar-refractivity contribution in [1.82, 2.24) is 10.3 Å². The lowest BCUT2D eigenvalue weighted by atomic mass is 10.2. The molecule has 1 aromatic carbocycles. The SMILES string of the molecule is O=C(CNC(=O)c1ccccc1Cl)OCC(=O)c1ccc[nH]1. The van der Waals surface area contributed by atoms with Crippen LogP contribution in [0.1, 0.15) is 20.8 Å². The van der Waals surface area contributed by atoms with E-state index in [4.69, 9.17) is 16.3 Å². The van der Waals surface area contributed by atoms with Gasteiger partial charge in [-0.3, -0.25) is 14.4 Å². The highest BCUT2D eigenvalue weighted by Gasteiger charge is 2.13. The van der Waals surface area contributed by atoms with Crippen LogP contribution in [0.3, 0.4) is 0 Å². The zero-order chi connectivity index (χ0) is 15.9. The number of aromatic amines is 1. The summed E-state index contributed by atoms with van der Waals surface area (Å²) in [6.07, 6.45) is 1.60. The molecule has 0 aliphatic carbocycles. The fourth-order valence-electron chi connectivity index (χ4n) is 1.67. The molecule has 0 fully saturated rings. The number of amides is 1. The molecule has 0 saturated heterocycles. The first-order valence-corrected chi connectivity index (χ1v) is 6.80. The highest BCUT2D eigenvalue weighted by molar-refractivity contribution is 6.33. The van der Waals surface area contributed by atoms with Crippen molar-refractivity contribution < 1.29 is 19.1 Å². The molecule has 6 nitrogen and oxygen atoms in total. The average molecular weight is 321 g/mol. The molecule has 1 heterocycles. The summed E-state index contributed by atoms with van der Waals surface area (Å²) in [6, 6.07) is 9.71. The number of benzene rings is 1. The monoisotopic (exact) mass is 320 g/mol. The molecule has 0 bridgehead atoms. The van der Waals surface area contributed by atoms with E-state index in [0.29, 0.717) is 5.69 Å². The molecule has 0 atom stereocenters. The summed E-state index contributed by atoms with van der Waals surface area (Å²) in [6.45, 7) is -0.733. The molecular formula is C15H13ClN2O4. The van der Waals surface area contributed by atoms with Gasteiger partial charge >= 0.3 is 5.97 Å². The Labute approximate surface area is 131 Å². The van der Waals surface area contributed by atoms with Crippen molar-refractivity contribution in [2.75, 3.05) is 13.2 Å². The highest BCUT2D eigenvalue weighted by atomic mass is 35.5. The van der Waals surface area contributed by atoms with Crippen LogP contribution in [0, 0.1) is 0 Å². The van der Waals surface area contributed by atoms with Crippen molar-refractivity contribution >= 4 is 29.3 Å². The van der Waals surface area contributed by atoms with Crippen LogP contribution >= 0.6 is 11.6 Å². The highest BCUT2D eigenvalue weighted by Crippen LogP contribution is 2.14. The number of halogens is 1. The number of carbonyl (C=O) groups is 3. The molecule has 0 saturated carbocycles. The maximum absolute atomic E-state index is 11.8. The predicted molar refractivity (Wildman–Crippen MR) is 79.9 cm³/mol. The number of carbonyl (C=O) groups excluding carboxylic acids is 3. The molecule has 2 aromatic rings. The van der Waals surface area contributed by atoms with Crippen LogP contribution in [-0.4, -0.2) is 35.8 Å². The molecule has 114 valence electrons. The topological polar surface area (TPSA) is 88.3 Å². The third-order valence-corrected chi connectivity index (χ3v) is 3.10. The molecular weight excluding hydrogens is 308 g/mol. The van der Waals surface area contributed by atoms with Crippen LogP contribution in [0.25, 0.3) is 0 Å². The number of hydrogen-bond donors (Lipinski definition) is 2. The molecule has 0 aliphatic heterocycles. The Morgan fingerprint density at radius 1 is 1.14 bits per heavy atom. The zero-order valence-electron chi connectivity index (χ0n) is 11.5. The van der Waals surface area contributed by atoms with E-state index in [2.05, 4.69) is 10.3 Å². The van der Waals surface area contributed by atoms with Gasteiger partial charge in [0.05, 0.1) is 16.3 Å². The summed E-state index contributed by atoms with van der Waals surface area (Å²) in [5, 5.41) is 2.67. The van der Waals surface area contributed by atoms with Crippen LogP contribution in [0.15, 0.2) is 42.6 Å². The third-order valence-electron chi connectivity index (χ3n) is 2.77. The van der Waals surface area contributed by atoms with E-state index in [9.17, 15) is 14.4 Å².